The van der Waals surface area contributed by atoms with Crippen LogP contribution in [0.15, 0.2) is 0 Å². The van der Waals surface area contributed by atoms with E-state index in [1.807, 2.05) is 13.8 Å². The summed E-state index contributed by atoms with van der Waals surface area (Å²) >= 11 is 0. The lowest BCUT2D eigenvalue weighted by atomic mass is 10.1. The van der Waals surface area contributed by atoms with Crippen molar-refractivity contribution in [2.75, 3.05) is 20.7 Å². The van der Waals surface area contributed by atoms with Crippen molar-refractivity contribution in [3.8, 4) is 0 Å². The molecule has 0 heterocycles. The van der Waals surface area contributed by atoms with Gasteiger partial charge in [0.05, 0.1) is 13.2 Å². The number of esters is 1. The highest BCUT2D eigenvalue weighted by Crippen LogP contribution is 2.51. The zero-order valence-corrected chi connectivity index (χ0v) is 13.6. The third kappa shape index (κ3) is 9.41. The zero-order valence-electron chi connectivity index (χ0n) is 12.7. The topological polar surface area (TPSA) is 107 Å². The van der Waals surface area contributed by atoms with Crippen LogP contribution >= 0.6 is 7.82 Å². The van der Waals surface area contributed by atoms with Gasteiger partial charge in [0, 0.05) is 6.92 Å². The number of phosphoric acid groups is 1. The molecule has 0 saturated heterocycles. The summed E-state index contributed by atoms with van der Waals surface area (Å²) in [6.45, 7) is 5.19. The number of hydrogen-bond donors (Lipinski definition) is 0. The Balaban J connectivity index is 4.54. The molecule has 124 valence electrons. The lowest BCUT2D eigenvalue weighted by Crippen LogP contribution is -2.18. The summed E-state index contributed by atoms with van der Waals surface area (Å²) in [4.78, 5) is 21.4. The molecule has 0 radical (unpaired) electrons. The number of hydrogen-bond acceptors (Lipinski definition) is 9. The molecule has 10 heteroatoms. The van der Waals surface area contributed by atoms with Crippen LogP contribution in [-0.4, -0.2) is 38.9 Å². The van der Waals surface area contributed by atoms with Crippen molar-refractivity contribution in [3.63, 3.8) is 0 Å². The van der Waals surface area contributed by atoms with Crippen LogP contribution in [0.1, 0.15) is 27.7 Å². The average molecular weight is 328 g/mol. The van der Waals surface area contributed by atoms with Crippen molar-refractivity contribution in [2.24, 2.45) is 5.92 Å². The molecule has 0 N–H and O–H groups in total. The predicted octanol–water partition coefficient (Wildman–Crippen LogP) is 2.45. The first-order valence-electron chi connectivity index (χ1n) is 6.11. The van der Waals surface area contributed by atoms with Gasteiger partial charge in [-0.3, -0.25) is 9.32 Å². The van der Waals surface area contributed by atoms with Crippen LogP contribution in [0.2, 0.25) is 0 Å². The van der Waals surface area contributed by atoms with Gasteiger partial charge in [-0.2, -0.15) is 0 Å². The van der Waals surface area contributed by atoms with Gasteiger partial charge < -0.3 is 14.2 Å². The van der Waals surface area contributed by atoms with Crippen LogP contribution in [0.5, 0.6) is 0 Å². The Bertz CT molecular complexity index is 382. The standard InChI is InChI=1S/C11H21O9P/c1-8(2)9(3)20-21(14,18-6-16-10(4)12)19-7-17-11(13)15-5/h8-9H,6-7H2,1-5H3. The van der Waals surface area contributed by atoms with E-state index in [0.29, 0.717) is 0 Å². The highest BCUT2D eigenvalue weighted by molar-refractivity contribution is 7.48. The Morgan fingerprint density at radius 3 is 2.00 bits per heavy atom. The highest BCUT2D eigenvalue weighted by Gasteiger charge is 2.31. The molecule has 9 nitrogen and oxygen atoms in total. The lowest BCUT2D eigenvalue weighted by molar-refractivity contribution is -0.148. The summed E-state index contributed by atoms with van der Waals surface area (Å²) in [6.07, 6.45) is -1.48. The number of carbonyl (C=O) groups excluding carboxylic acids is 2. The minimum Gasteiger partial charge on any atom is -0.438 e. The van der Waals surface area contributed by atoms with Crippen molar-refractivity contribution in [3.05, 3.63) is 0 Å². The number of carbonyl (C=O) groups is 2. The lowest BCUT2D eigenvalue weighted by Gasteiger charge is -2.23. The van der Waals surface area contributed by atoms with Gasteiger partial charge >= 0.3 is 19.9 Å². The van der Waals surface area contributed by atoms with Gasteiger partial charge in [0.2, 0.25) is 13.6 Å². The predicted molar refractivity (Wildman–Crippen MR) is 70.2 cm³/mol. The van der Waals surface area contributed by atoms with Gasteiger partial charge in [-0.15, -0.1) is 0 Å². The summed E-state index contributed by atoms with van der Waals surface area (Å²) < 4.78 is 40.2. The maximum Gasteiger partial charge on any atom is 0.510 e. The molecule has 0 aromatic heterocycles. The Morgan fingerprint density at radius 1 is 1.05 bits per heavy atom. The fraction of sp³-hybridized carbons (Fsp3) is 0.818. The van der Waals surface area contributed by atoms with Crippen LogP contribution < -0.4 is 0 Å². The van der Waals surface area contributed by atoms with Crippen LogP contribution in [0, 0.1) is 5.92 Å². The number of ether oxygens (including phenoxy) is 3. The van der Waals surface area contributed by atoms with Gasteiger partial charge in [-0.05, 0) is 12.8 Å². The smallest absolute Gasteiger partial charge is 0.438 e. The Labute approximate surface area is 123 Å². The third-order valence-electron chi connectivity index (χ3n) is 2.26. The number of phosphoric ester groups is 1. The molecular weight excluding hydrogens is 307 g/mol. The summed E-state index contributed by atoms with van der Waals surface area (Å²) in [5.74, 6) is -0.593. The first-order chi connectivity index (χ1) is 9.70. The van der Waals surface area contributed by atoms with E-state index < -0.39 is 39.6 Å². The maximum absolute atomic E-state index is 12.3. The van der Waals surface area contributed by atoms with E-state index >= 15 is 0 Å². The van der Waals surface area contributed by atoms with Crippen molar-refractivity contribution in [2.45, 2.75) is 33.8 Å². The molecule has 0 aromatic rings. The van der Waals surface area contributed by atoms with Crippen molar-refractivity contribution >= 4 is 19.9 Å². The summed E-state index contributed by atoms with van der Waals surface area (Å²) in [6, 6.07) is 0. The van der Waals surface area contributed by atoms with Gasteiger partial charge in [0.15, 0.2) is 0 Å². The summed E-state index contributed by atoms with van der Waals surface area (Å²) in [7, 11) is -2.95. The molecule has 0 spiro atoms. The number of methoxy groups -OCH3 is 1. The molecule has 2 unspecified atom stereocenters. The molecule has 0 aliphatic rings. The first kappa shape index (κ1) is 19.9. The van der Waals surface area contributed by atoms with Gasteiger partial charge in [0.1, 0.15) is 0 Å². The van der Waals surface area contributed by atoms with Crippen LogP contribution in [0.25, 0.3) is 0 Å². The van der Waals surface area contributed by atoms with E-state index in [1.54, 1.807) is 6.92 Å². The van der Waals surface area contributed by atoms with E-state index in [1.165, 1.54) is 0 Å². The Kier molecular flexibility index (Phi) is 9.19. The quantitative estimate of drug-likeness (QED) is 0.358. The van der Waals surface area contributed by atoms with E-state index in [0.717, 1.165) is 14.0 Å². The van der Waals surface area contributed by atoms with E-state index in [9.17, 15) is 14.2 Å². The van der Waals surface area contributed by atoms with Crippen molar-refractivity contribution < 1.29 is 41.9 Å². The number of rotatable bonds is 9. The highest BCUT2D eigenvalue weighted by atomic mass is 31.2. The van der Waals surface area contributed by atoms with E-state index in [2.05, 4.69) is 14.2 Å². The molecule has 0 aliphatic heterocycles. The Hall–Kier alpha value is -1.15. The molecule has 0 aliphatic carbocycles. The summed E-state index contributed by atoms with van der Waals surface area (Å²) in [5, 5.41) is 0. The zero-order chi connectivity index (χ0) is 16.5. The molecule has 0 amide bonds. The van der Waals surface area contributed by atoms with Crippen molar-refractivity contribution in [1.29, 1.82) is 0 Å². The minimum atomic E-state index is -4.06. The second-order valence-corrected chi connectivity index (χ2v) is 5.85. The second-order valence-electron chi connectivity index (χ2n) is 4.23. The second kappa shape index (κ2) is 9.73. The molecular formula is C11H21O9P. The summed E-state index contributed by atoms with van der Waals surface area (Å²) in [5.41, 5.74) is 0. The molecule has 2 atom stereocenters. The van der Waals surface area contributed by atoms with Crippen molar-refractivity contribution in [1.82, 2.24) is 0 Å². The Morgan fingerprint density at radius 2 is 1.57 bits per heavy atom. The van der Waals surface area contributed by atoms with Crippen LogP contribution in [0.4, 0.5) is 4.79 Å². The van der Waals surface area contributed by atoms with Crippen LogP contribution in [0.3, 0.4) is 0 Å². The van der Waals surface area contributed by atoms with Crippen LogP contribution in [-0.2, 0) is 37.1 Å². The van der Waals surface area contributed by atoms with Gasteiger partial charge in [0.25, 0.3) is 0 Å². The SMILES string of the molecule is COC(=O)OCOP(=O)(OCOC(C)=O)OC(C)C(C)C. The van der Waals surface area contributed by atoms with Gasteiger partial charge in [-0.1, -0.05) is 13.8 Å². The monoisotopic (exact) mass is 328 g/mol. The first-order valence-corrected chi connectivity index (χ1v) is 7.58. The fourth-order valence-corrected chi connectivity index (χ4v) is 2.01. The maximum atomic E-state index is 12.3. The molecule has 0 fully saturated rings. The minimum absolute atomic E-state index is 0.0285. The molecule has 0 bridgehead atoms. The third-order valence-corrected chi connectivity index (χ3v) is 3.70. The molecule has 0 aromatic carbocycles. The normalized spacial score (nSPS) is 15.1. The largest absolute Gasteiger partial charge is 0.510 e. The fourth-order valence-electron chi connectivity index (χ4n) is 0.795. The average Bonchev–Trinajstić information content (AvgIpc) is 2.37. The molecule has 21 heavy (non-hydrogen) atoms. The molecule has 0 rings (SSSR count). The molecule has 0 saturated carbocycles. The van der Waals surface area contributed by atoms with E-state index in [4.69, 9.17) is 13.6 Å². The van der Waals surface area contributed by atoms with E-state index in [-0.39, 0.29) is 5.92 Å². The van der Waals surface area contributed by atoms with Gasteiger partial charge in [-0.25, -0.2) is 18.4 Å².